The fraction of sp³-hybridized carbons (Fsp3) is 0.714. The quantitative estimate of drug-likeness (QED) is 0.136. The fourth-order valence-corrected chi connectivity index (χ4v) is 2.60. The maximum absolute atomic E-state index is 12.0. The van der Waals surface area contributed by atoms with E-state index >= 15 is 0 Å². The van der Waals surface area contributed by atoms with Gasteiger partial charge in [-0.2, -0.15) is 4.79 Å². The highest BCUT2D eigenvalue weighted by Crippen LogP contribution is 2.26. The van der Waals surface area contributed by atoms with Gasteiger partial charge in [0.15, 0.2) is 0 Å². The van der Waals surface area contributed by atoms with E-state index in [1.807, 2.05) is 6.92 Å². The zero-order valence-corrected chi connectivity index (χ0v) is 13.0. The van der Waals surface area contributed by atoms with Gasteiger partial charge in [-0.3, -0.25) is 9.59 Å². The monoisotopic (exact) mass is 310 g/mol. The Balaban J connectivity index is 2.75. The molecule has 0 saturated carbocycles. The number of carbonyl (C=O) groups excluding carboxylic acids is 2. The number of carboxylic acid groups (broad SMARTS) is 1. The van der Waals surface area contributed by atoms with E-state index in [2.05, 4.69) is 22.3 Å². The summed E-state index contributed by atoms with van der Waals surface area (Å²) in [6.07, 6.45) is 2.02. The number of nitrogens with zero attached hydrogens (tertiary/aromatic N) is 2. The third kappa shape index (κ3) is 3.78. The van der Waals surface area contributed by atoms with Gasteiger partial charge in [0.1, 0.15) is 0 Å². The van der Waals surface area contributed by atoms with Crippen LogP contribution in [0.15, 0.2) is 0 Å². The average Bonchev–Trinajstić information content (AvgIpc) is 2.44. The molecule has 1 heterocycles. The molecule has 0 radical (unpaired) electrons. The van der Waals surface area contributed by atoms with Crippen LogP contribution in [0.25, 0.3) is 5.53 Å². The topological polar surface area (TPSA) is 132 Å². The first-order chi connectivity index (χ1) is 10.3. The van der Waals surface area contributed by atoms with Crippen LogP contribution in [0.4, 0.5) is 0 Å². The second-order valence-corrected chi connectivity index (χ2v) is 5.56. The Labute approximate surface area is 128 Å². The average molecular weight is 310 g/mol. The fourth-order valence-electron chi connectivity index (χ4n) is 2.60. The summed E-state index contributed by atoms with van der Waals surface area (Å²) in [5.41, 5.74) is 7.73. The van der Waals surface area contributed by atoms with E-state index in [4.69, 9.17) is 10.6 Å². The number of amides is 1. The van der Waals surface area contributed by atoms with E-state index < -0.39 is 35.3 Å². The predicted molar refractivity (Wildman–Crippen MR) is 78.2 cm³/mol. The molecule has 22 heavy (non-hydrogen) atoms. The predicted octanol–water partition coefficient (Wildman–Crippen LogP) is -0.160. The summed E-state index contributed by atoms with van der Waals surface area (Å²) in [6, 6.07) is -0.597. The maximum Gasteiger partial charge on any atom is 0.441 e. The van der Waals surface area contributed by atoms with Crippen molar-refractivity contribution in [3.63, 3.8) is 0 Å². The first-order valence-electron chi connectivity index (χ1n) is 7.38. The minimum absolute atomic E-state index is 0.125. The summed E-state index contributed by atoms with van der Waals surface area (Å²) in [7, 11) is 0. The molecule has 1 amide bonds. The molecule has 0 aliphatic carbocycles. The van der Waals surface area contributed by atoms with Crippen LogP contribution in [-0.2, 0) is 14.4 Å². The van der Waals surface area contributed by atoms with E-state index in [1.54, 1.807) is 0 Å². The molecular weight excluding hydrogens is 288 g/mol. The minimum Gasteiger partial charge on any atom is -0.472 e. The standard InChI is InChI=1S/C14H22N4O4/c1-4-5-6-16-8(3)9-10(17-13(9)20)7(2)12(19)11(18-15)14(21)22/h7-10,16H,4-6H2,1-3H3,(H,17,20)(H,21,22)/t7-,8-,9-,10-/m1/s1. The van der Waals surface area contributed by atoms with Gasteiger partial charge in [0.25, 0.3) is 5.78 Å². The molecule has 0 bridgehead atoms. The summed E-state index contributed by atoms with van der Waals surface area (Å²) in [5.74, 6) is -3.75. The number of ketones is 1. The second-order valence-electron chi connectivity index (χ2n) is 5.56. The van der Waals surface area contributed by atoms with Gasteiger partial charge in [-0.25, -0.2) is 4.79 Å². The number of rotatable bonds is 9. The molecule has 1 aliphatic rings. The van der Waals surface area contributed by atoms with Crippen molar-refractivity contribution in [3.8, 4) is 0 Å². The molecular formula is C14H22N4O4. The Hall–Kier alpha value is -2.05. The van der Waals surface area contributed by atoms with Crippen LogP contribution in [-0.4, -0.2) is 51.9 Å². The highest BCUT2D eigenvalue weighted by Gasteiger charge is 2.50. The third-order valence-corrected chi connectivity index (χ3v) is 4.02. The number of Topliss-reactive ketones (excluding diaryl/α,β-unsaturated/α-hetero) is 1. The van der Waals surface area contributed by atoms with Crippen LogP contribution >= 0.6 is 0 Å². The highest BCUT2D eigenvalue weighted by atomic mass is 16.4. The first kappa shape index (κ1) is 18.0. The molecule has 0 aromatic heterocycles. The van der Waals surface area contributed by atoms with Gasteiger partial charge < -0.3 is 21.3 Å². The number of carboxylic acids is 1. The maximum atomic E-state index is 12.0. The van der Waals surface area contributed by atoms with Crippen LogP contribution in [0.5, 0.6) is 0 Å². The molecule has 1 fully saturated rings. The number of carbonyl (C=O) groups is 3. The molecule has 0 aromatic carbocycles. The van der Waals surface area contributed by atoms with Gasteiger partial charge in [0.05, 0.1) is 12.0 Å². The number of hydrogen-bond acceptors (Lipinski definition) is 4. The molecule has 8 heteroatoms. The van der Waals surface area contributed by atoms with Gasteiger partial charge >= 0.3 is 11.7 Å². The molecule has 8 nitrogen and oxygen atoms in total. The smallest absolute Gasteiger partial charge is 0.441 e. The van der Waals surface area contributed by atoms with E-state index in [0.717, 1.165) is 19.4 Å². The molecule has 0 aromatic rings. The summed E-state index contributed by atoms with van der Waals surface area (Å²) < 4.78 is 0. The van der Waals surface area contributed by atoms with Crippen LogP contribution in [0.1, 0.15) is 33.6 Å². The number of aliphatic carboxylic acids is 1. The minimum atomic E-state index is -1.59. The van der Waals surface area contributed by atoms with Crippen LogP contribution in [0, 0.1) is 11.8 Å². The van der Waals surface area contributed by atoms with Gasteiger partial charge in [-0.15, -0.1) is 0 Å². The van der Waals surface area contributed by atoms with Gasteiger partial charge in [-0.05, 0) is 19.9 Å². The van der Waals surface area contributed by atoms with E-state index in [0.29, 0.717) is 0 Å². The molecule has 1 rings (SSSR count). The molecule has 0 unspecified atom stereocenters. The van der Waals surface area contributed by atoms with Gasteiger partial charge in [0, 0.05) is 12.0 Å². The van der Waals surface area contributed by atoms with Crippen molar-refractivity contribution in [1.82, 2.24) is 10.6 Å². The van der Waals surface area contributed by atoms with Crippen LogP contribution in [0.2, 0.25) is 0 Å². The van der Waals surface area contributed by atoms with Crippen molar-refractivity contribution < 1.29 is 24.3 Å². The highest BCUT2D eigenvalue weighted by molar-refractivity contribution is 6.62. The van der Waals surface area contributed by atoms with Crippen molar-refractivity contribution in [2.24, 2.45) is 11.8 Å². The lowest BCUT2D eigenvalue weighted by Gasteiger charge is -2.42. The Kier molecular flexibility index (Phi) is 6.39. The van der Waals surface area contributed by atoms with Crippen molar-refractivity contribution in [2.75, 3.05) is 6.54 Å². The first-order valence-corrected chi connectivity index (χ1v) is 7.38. The molecule has 3 N–H and O–H groups in total. The number of nitrogens with one attached hydrogen (secondary N) is 2. The zero-order valence-electron chi connectivity index (χ0n) is 13.0. The Bertz CT molecular complexity index is 513. The number of hydrogen-bond donors (Lipinski definition) is 3. The van der Waals surface area contributed by atoms with Crippen LogP contribution < -0.4 is 10.6 Å². The lowest BCUT2D eigenvalue weighted by atomic mass is 9.75. The molecule has 0 spiro atoms. The zero-order chi connectivity index (χ0) is 16.9. The molecule has 4 atom stereocenters. The Morgan fingerprint density at radius 3 is 2.55 bits per heavy atom. The van der Waals surface area contributed by atoms with Crippen molar-refractivity contribution in [3.05, 3.63) is 5.53 Å². The van der Waals surface area contributed by atoms with Crippen molar-refractivity contribution in [2.45, 2.75) is 45.7 Å². The molecule has 1 saturated heterocycles. The normalized spacial score (nSPS) is 22.8. The van der Waals surface area contributed by atoms with Gasteiger partial charge in [0.2, 0.25) is 5.91 Å². The number of β-lactam (4-membered cyclic amide) rings is 1. The second kappa shape index (κ2) is 7.82. The van der Waals surface area contributed by atoms with Gasteiger partial charge in [-0.1, -0.05) is 20.3 Å². The Morgan fingerprint density at radius 1 is 1.45 bits per heavy atom. The van der Waals surface area contributed by atoms with E-state index in [-0.39, 0.29) is 11.9 Å². The third-order valence-electron chi connectivity index (χ3n) is 4.02. The molecule has 122 valence electrons. The van der Waals surface area contributed by atoms with E-state index in [9.17, 15) is 14.4 Å². The van der Waals surface area contributed by atoms with E-state index in [1.165, 1.54) is 6.92 Å². The summed E-state index contributed by atoms with van der Waals surface area (Å²) in [4.78, 5) is 37.2. The largest absolute Gasteiger partial charge is 0.472 e. The Morgan fingerprint density at radius 2 is 2.09 bits per heavy atom. The van der Waals surface area contributed by atoms with Crippen molar-refractivity contribution >= 4 is 23.4 Å². The van der Waals surface area contributed by atoms with Crippen molar-refractivity contribution in [1.29, 1.82) is 0 Å². The summed E-state index contributed by atoms with van der Waals surface area (Å²) in [6.45, 7) is 6.22. The summed E-state index contributed by atoms with van der Waals surface area (Å²) in [5, 5.41) is 14.7. The SMILES string of the molecule is CCCCN[C@H](C)[C@H]1C(=O)N[C@@H]1[C@@H](C)C(=O)C(=[N+]=[N-])C(=O)O. The summed E-state index contributed by atoms with van der Waals surface area (Å²) >= 11 is 0. The molecule has 1 aliphatic heterocycles. The number of unbranched alkanes of at least 4 members (excludes halogenated alkanes) is 1. The lowest BCUT2D eigenvalue weighted by molar-refractivity contribution is -0.141. The lowest BCUT2D eigenvalue weighted by Crippen LogP contribution is -2.67. The van der Waals surface area contributed by atoms with Crippen LogP contribution in [0.3, 0.4) is 0 Å².